The molecule has 0 heterocycles. The molecular formula is C11H16ClNO3S2. The monoisotopic (exact) mass is 309 g/mol. The Balaban J connectivity index is 2.81. The maximum Gasteiger partial charge on any atom is 0.153 e. The number of anilines is 1. The predicted molar refractivity (Wildman–Crippen MR) is 76.1 cm³/mol. The van der Waals surface area contributed by atoms with Crippen molar-refractivity contribution in [1.82, 2.24) is 0 Å². The van der Waals surface area contributed by atoms with Gasteiger partial charge in [0.25, 0.3) is 0 Å². The van der Waals surface area contributed by atoms with Crippen LogP contribution >= 0.6 is 11.6 Å². The summed E-state index contributed by atoms with van der Waals surface area (Å²) in [7, 11) is -4.65. The fourth-order valence-electron chi connectivity index (χ4n) is 1.23. The molecule has 0 aliphatic heterocycles. The van der Waals surface area contributed by atoms with E-state index in [0.29, 0.717) is 15.6 Å². The van der Waals surface area contributed by atoms with Gasteiger partial charge in [-0.2, -0.15) is 0 Å². The van der Waals surface area contributed by atoms with E-state index in [2.05, 4.69) is 0 Å². The van der Waals surface area contributed by atoms with Gasteiger partial charge in [-0.15, -0.1) is 0 Å². The van der Waals surface area contributed by atoms with E-state index in [9.17, 15) is 12.6 Å². The van der Waals surface area contributed by atoms with Gasteiger partial charge in [0, 0.05) is 11.4 Å². The van der Waals surface area contributed by atoms with Crippen molar-refractivity contribution in [3.8, 4) is 0 Å². The second-order valence-corrected chi connectivity index (χ2v) is 8.78. The van der Waals surface area contributed by atoms with E-state index in [0.717, 1.165) is 0 Å². The number of nitrogen functional groups attached to an aromatic ring is 1. The Kier molecular flexibility index (Phi) is 5.19. The van der Waals surface area contributed by atoms with E-state index in [1.54, 1.807) is 26.0 Å². The van der Waals surface area contributed by atoms with E-state index in [1.807, 2.05) is 0 Å². The highest BCUT2D eigenvalue weighted by molar-refractivity contribution is 7.93. The number of rotatable bonds is 5. The number of hydrogen-bond donors (Lipinski definition) is 1. The minimum Gasteiger partial charge on any atom is -0.399 e. The highest BCUT2D eigenvalue weighted by atomic mass is 35.5. The quantitative estimate of drug-likeness (QED) is 0.842. The summed E-state index contributed by atoms with van der Waals surface area (Å²) in [4.78, 5) is 0.385. The van der Waals surface area contributed by atoms with E-state index >= 15 is 0 Å². The first-order valence-corrected chi connectivity index (χ1v) is 8.80. The van der Waals surface area contributed by atoms with Crippen LogP contribution in [0.1, 0.15) is 13.8 Å². The van der Waals surface area contributed by atoms with Crippen LogP contribution in [0.2, 0.25) is 5.02 Å². The summed E-state index contributed by atoms with van der Waals surface area (Å²) in [6.45, 7) is 3.21. The number of sulfone groups is 1. The smallest absolute Gasteiger partial charge is 0.153 e. The minimum atomic E-state index is -3.19. The summed E-state index contributed by atoms with van der Waals surface area (Å²) in [5.74, 6) is -0.0912. The SMILES string of the molecule is CC(C)S(=O)(=O)CCS(=O)c1cc(N)ccc1Cl. The van der Waals surface area contributed by atoms with Crippen molar-refractivity contribution < 1.29 is 12.6 Å². The Labute approximate surface area is 115 Å². The summed E-state index contributed by atoms with van der Waals surface area (Å²) in [6, 6.07) is 4.68. The van der Waals surface area contributed by atoms with Crippen LogP contribution in [0.5, 0.6) is 0 Å². The van der Waals surface area contributed by atoms with Gasteiger partial charge >= 0.3 is 0 Å². The molecule has 0 saturated carbocycles. The van der Waals surface area contributed by atoms with Crippen molar-refractivity contribution in [2.75, 3.05) is 17.2 Å². The second kappa shape index (κ2) is 6.04. The van der Waals surface area contributed by atoms with Crippen molar-refractivity contribution in [3.05, 3.63) is 23.2 Å². The van der Waals surface area contributed by atoms with E-state index in [4.69, 9.17) is 17.3 Å². The second-order valence-electron chi connectivity index (χ2n) is 4.16. The first-order valence-electron chi connectivity index (χ1n) is 5.39. The Hall–Kier alpha value is -0.590. The normalized spacial score (nSPS) is 13.8. The lowest BCUT2D eigenvalue weighted by Crippen LogP contribution is -2.21. The van der Waals surface area contributed by atoms with Gasteiger partial charge < -0.3 is 5.73 Å². The van der Waals surface area contributed by atoms with Crippen LogP contribution < -0.4 is 5.73 Å². The molecule has 7 heteroatoms. The Morgan fingerprint density at radius 1 is 1.39 bits per heavy atom. The summed E-state index contributed by atoms with van der Waals surface area (Å²) < 4.78 is 35.2. The third-order valence-electron chi connectivity index (χ3n) is 2.47. The van der Waals surface area contributed by atoms with E-state index in [1.165, 1.54) is 6.07 Å². The number of hydrogen-bond acceptors (Lipinski definition) is 4. The lowest BCUT2D eigenvalue weighted by atomic mass is 10.3. The maximum atomic E-state index is 12.0. The molecular weight excluding hydrogens is 294 g/mol. The number of nitrogens with two attached hydrogens (primary N) is 1. The molecule has 1 rings (SSSR count). The Morgan fingerprint density at radius 2 is 2.00 bits per heavy atom. The van der Waals surface area contributed by atoms with Crippen molar-refractivity contribution in [2.24, 2.45) is 0 Å². The van der Waals surface area contributed by atoms with Crippen LogP contribution in [0.4, 0.5) is 5.69 Å². The van der Waals surface area contributed by atoms with Crippen LogP contribution in [0, 0.1) is 0 Å². The van der Waals surface area contributed by atoms with Gasteiger partial charge in [0.2, 0.25) is 0 Å². The van der Waals surface area contributed by atoms with Crippen molar-refractivity contribution in [2.45, 2.75) is 24.0 Å². The van der Waals surface area contributed by atoms with Crippen molar-refractivity contribution in [3.63, 3.8) is 0 Å². The zero-order chi connectivity index (χ0) is 13.9. The van der Waals surface area contributed by atoms with Gasteiger partial charge in [-0.05, 0) is 32.0 Å². The van der Waals surface area contributed by atoms with Gasteiger partial charge in [-0.1, -0.05) is 11.6 Å². The van der Waals surface area contributed by atoms with Gasteiger partial charge in [0.1, 0.15) is 0 Å². The third kappa shape index (κ3) is 3.96. The van der Waals surface area contributed by atoms with Crippen LogP contribution in [-0.2, 0) is 20.6 Å². The molecule has 0 aliphatic carbocycles. The molecule has 0 amide bonds. The molecule has 18 heavy (non-hydrogen) atoms. The molecule has 0 spiro atoms. The van der Waals surface area contributed by atoms with Crippen LogP contribution in [0.25, 0.3) is 0 Å². The standard InChI is InChI=1S/C11H16ClNO3S2/c1-8(2)18(15,16)6-5-17(14)11-7-9(13)3-4-10(11)12/h3-4,7-8H,5-6,13H2,1-2H3. The molecule has 0 radical (unpaired) electrons. The molecule has 1 unspecified atom stereocenters. The largest absolute Gasteiger partial charge is 0.399 e. The van der Waals surface area contributed by atoms with Crippen LogP contribution in [0.3, 0.4) is 0 Å². The van der Waals surface area contributed by atoms with Gasteiger partial charge in [-0.25, -0.2) is 8.42 Å². The molecule has 0 aromatic heterocycles. The first-order chi connectivity index (χ1) is 8.24. The van der Waals surface area contributed by atoms with E-state index in [-0.39, 0.29) is 11.5 Å². The molecule has 0 saturated heterocycles. The number of benzene rings is 1. The summed E-state index contributed by atoms with van der Waals surface area (Å²) in [5.41, 5.74) is 6.04. The summed E-state index contributed by atoms with van der Waals surface area (Å²) in [6.07, 6.45) is 0. The fourth-order valence-corrected chi connectivity index (χ4v) is 4.39. The van der Waals surface area contributed by atoms with E-state index < -0.39 is 25.9 Å². The lowest BCUT2D eigenvalue weighted by Gasteiger charge is -2.08. The molecule has 1 aromatic rings. The van der Waals surface area contributed by atoms with Crippen LogP contribution in [0.15, 0.2) is 23.1 Å². The molecule has 102 valence electrons. The van der Waals surface area contributed by atoms with Gasteiger partial charge in [0.15, 0.2) is 9.84 Å². The topological polar surface area (TPSA) is 77.2 Å². The highest BCUT2D eigenvalue weighted by Gasteiger charge is 2.18. The van der Waals surface area contributed by atoms with Crippen molar-refractivity contribution in [1.29, 1.82) is 0 Å². The summed E-state index contributed by atoms with van der Waals surface area (Å²) in [5, 5.41) is -0.129. The van der Waals surface area contributed by atoms with Crippen LogP contribution in [-0.4, -0.2) is 29.4 Å². The molecule has 0 bridgehead atoms. The van der Waals surface area contributed by atoms with Gasteiger partial charge in [0.05, 0.1) is 31.7 Å². The third-order valence-corrected chi connectivity index (χ3v) is 6.78. The maximum absolute atomic E-state index is 12.0. The predicted octanol–water partition coefficient (Wildman–Crippen LogP) is 1.85. The average molecular weight is 310 g/mol. The zero-order valence-corrected chi connectivity index (χ0v) is 12.6. The molecule has 1 atom stereocenters. The summed E-state index contributed by atoms with van der Waals surface area (Å²) >= 11 is 5.91. The van der Waals surface area contributed by atoms with Crippen molar-refractivity contribution >= 4 is 37.9 Å². The molecule has 0 aliphatic rings. The molecule has 2 N–H and O–H groups in total. The molecule has 4 nitrogen and oxygen atoms in total. The average Bonchev–Trinajstić information content (AvgIpc) is 2.29. The Bertz CT molecular complexity index is 555. The zero-order valence-electron chi connectivity index (χ0n) is 10.2. The fraction of sp³-hybridized carbons (Fsp3) is 0.455. The first kappa shape index (κ1) is 15.5. The minimum absolute atomic E-state index is 0.0314. The molecule has 1 aromatic carbocycles. The number of halogens is 1. The lowest BCUT2D eigenvalue weighted by molar-refractivity contribution is 0.588. The Morgan fingerprint density at radius 3 is 2.56 bits per heavy atom. The molecule has 0 fully saturated rings. The highest BCUT2D eigenvalue weighted by Crippen LogP contribution is 2.22. The van der Waals surface area contributed by atoms with Gasteiger partial charge in [-0.3, -0.25) is 4.21 Å².